The largest absolute Gasteiger partial charge is 0.493 e. The lowest BCUT2D eigenvalue weighted by Gasteiger charge is -2.31. The molecule has 0 amide bonds. The highest BCUT2D eigenvalue weighted by atomic mass is 35.5. The minimum Gasteiger partial charge on any atom is -0.493 e. The first kappa shape index (κ1) is 20.5. The third kappa shape index (κ3) is 4.51. The third-order valence-corrected chi connectivity index (χ3v) is 5.16. The lowest BCUT2D eigenvalue weighted by Crippen LogP contribution is -2.24. The highest BCUT2D eigenvalue weighted by Gasteiger charge is 2.24. The van der Waals surface area contributed by atoms with Gasteiger partial charge in [0.15, 0.2) is 17.7 Å². The van der Waals surface area contributed by atoms with Crippen molar-refractivity contribution >= 4 is 23.0 Å². The summed E-state index contributed by atoms with van der Waals surface area (Å²) in [6.45, 7) is 1.23. The fourth-order valence-electron chi connectivity index (χ4n) is 3.43. The van der Waals surface area contributed by atoms with Crippen LogP contribution in [0, 0.1) is 0 Å². The average molecular weight is 427 g/mol. The Morgan fingerprint density at radius 2 is 2.00 bits per heavy atom. The molecule has 2 aromatic carbocycles. The van der Waals surface area contributed by atoms with Gasteiger partial charge in [0.25, 0.3) is 0 Å². The summed E-state index contributed by atoms with van der Waals surface area (Å²) in [5.74, 6) is 1.21. The Labute approximate surface area is 180 Å². The van der Waals surface area contributed by atoms with Crippen molar-refractivity contribution in [2.24, 2.45) is 0 Å². The number of pyridine rings is 1. The summed E-state index contributed by atoms with van der Waals surface area (Å²) >= 11 is 6.24. The van der Waals surface area contributed by atoms with Crippen LogP contribution >= 0.6 is 11.6 Å². The second-order valence-electron chi connectivity index (χ2n) is 6.95. The summed E-state index contributed by atoms with van der Waals surface area (Å²) in [4.78, 5) is 5.91. The zero-order valence-electron chi connectivity index (χ0n) is 16.6. The van der Waals surface area contributed by atoms with Gasteiger partial charge >= 0.3 is 0 Å². The summed E-state index contributed by atoms with van der Waals surface area (Å²) in [6, 6.07) is 16.5. The van der Waals surface area contributed by atoms with Crippen molar-refractivity contribution in [3.8, 4) is 11.5 Å². The topological polar surface area (TPSA) is 64.1 Å². The first-order chi connectivity index (χ1) is 14.7. The molecule has 0 spiro atoms. The summed E-state index contributed by atoms with van der Waals surface area (Å²) in [7, 11) is 1.60. The van der Waals surface area contributed by atoms with Gasteiger partial charge in [0.1, 0.15) is 6.10 Å². The molecule has 1 saturated heterocycles. The van der Waals surface area contributed by atoms with Gasteiger partial charge in [0.2, 0.25) is 0 Å². The molecule has 30 heavy (non-hydrogen) atoms. The van der Waals surface area contributed by atoms with E-state index in [2.05, 4.69) is 4.98 Å². The molecule has 156 valence electrons. The van der Waals surface area contributed by atoms with Gasteiger partial charge in [-0.25, -0.2) is 0 Å². The van der Waals surface area contributed by atoms with Crippen molar-refractivity contribution < 1.29 is 19.3 Å². The predicted molar refractivity (Wildman–Crippen MR) is 116 cm³/mol. The molecular formula is C23H23ClN2O4. The molecule has 3 aromatic rings. The van der Waals surface area contributed by atoms with Crippen molar-refractivity contribution in [1.29, 1.82) is 0 Å². The number of nitrogens with zero attached hydrogens (tertiary/aromatic N) is 2. The molecule has 1 unspecified atom stereocenters. The van der Waals surface area contributed by atoms with Crippen LogP contribution in [0.4, 0.5) is 11.4 Å². The summed E-state index contributed by atoms with van der Waals surface area (Å²) < 4.78 is 17.0. The number of hydrogen-bond donors (Lipinski definition) is 1. The van der Waals surface area contributed by atoms with Crippen LogP contribution in [0.5, 0.6) is 11.5 Å². The van der Waals surface area contributed by atoms with E-state index in [0.29, 0.717) is 35.3 Å². The fraction of sp³-hybridized carbons (Fsp3) is 0.261. The molecule has 7 heteroatoms. The number of methoxy groups -OCH3 is 1. The van der Waals surface area contributed by atoms with E-state index in [4.69, 9.17) is 25.8 Å². The van der Waals surface area contributed by atoms with E-state index >= 15 is 0 Å². The normalized spacial score (nSPS) is 16.8. The van der Waals surface area contributed by atoms with Gasteiger partial charge in [-0.2, -0.15) is 0 Å². The lowest BCUT2D eigenvalue weighted by atomic mass is 10.1. The minimum atomic E-state index is -0.978. The Kier molecular flexibility index (Phi) is 6.38. The van der Waals surface area contributed by atoms with E-state index in [1.807, 2.05) is 36.4 Å². The van der Waals surface area contributed by atoms with Gasteiger partial charge in [-0.05, 0) is 36.4 Å². The number of aromatic nitrogens is 1. The first-order valence-corrected chi connectivity index (χ1v) is 10.1. The maximum atomic E-state index is 11.2. The summed E-state index contributed by atoms with van der Waals surface area (Å²) in [5, 5.41) is 11.8. The van der Waals surface area contributed by atoms with E-state index in [0.717, 1.165) is 17.8 Å². The Hall–Kier alpha value is -2.80. The van der Waals surface area contributed by atoms with Crippen LogP contribution in [0.15, 0.2) is 67.0 Å². The summed E-state index contributed by atoms with van der Waals surface area (Å²) in [6.07, 6.45) is 3.12. The highest BCUT2D eigenvalue weighted by molar-refractivity contribution is 6.30. The molecule has 6 nitrogen and oxygen atoms in total. The maximum Gasteiger partial charge on any atom is 0.163 e. The van der Waals surface area contributed by atoms with Crippen molar-refractivity contribution in [3.05, 3.63) is 77.6 Å². The van der Waals surface area contributed by atoms with Crippen molar-refractivity contribution in [3.63, 3.8) is 0 Å². The van der Waals surface area contributed by atoms with Gasteiger partial charge in [-0.3, -0.25) is 4.98 Å². The van der Waals surface area contributed by atoms with Crippen LogP contribution in [0.25, 0.3) is 0 Å². The first-order valence-electron chi connectivity index (χ1n) is 9.71. The van der Waals surface area contributed by atoms with Crippen LogP contribution in [-0.4, -0.2) is 36.5 Å². The number of hydrogen-bond acceptors (Lipinski definition) is 6. The monoisotopic (exact) mass is 426 g/mol. The number of ether oxygens (including phenoxy) is 3. The van der Waals surface area contributed by atoms with E-state index in [-0.39, 0.29) is 6.10 Å². The number of benzene rings is 2. The standard InChI is InChI=1S/C23H23ClN2O4/c1-28-21-8-7-19(13-22(21)30-20-9-11-29-15-20)26(18-6-2-5-17(24)12-18)23(27)16-4-3-10-25-14-16/h2-8,10,12-14,20,23,27H,9,11,15H2,1H3/t20-,23?/m1/s1. The molecule has 0 aliphatic carbocycles. The third-order valence-electron chi connectivity index (χ3n) is 4.92. The van der Waals surface area contributed by atoms with E-state index in [1.54, 1.807) is 42.6 Å². The molecule has 4 rings (SSSR count). The predicted octanol–water partition coefficient (Wildman–Crippen LogP) is 4.74. The Balaban J connectivity index is 1.76. The SMILES string of the molecule is COc1ccc(N(c2cccc(Cl)c2)C(O)c2cccnc2)cc1O[C@@H]1CCOC1. The second-order valence-corrected chi connectivity index (χ2v) is 7.38. The van der Waals surface area contributed by atoms with Crippen LogP contribution in [0.3, 0.4) is 0 Å². The van der Waals surface area contributed by atoms with Crippen LogP contribution < -0.4 is 14.4 Å². The van der Waals surface area contributed by atoms with Gasteiger partial charge in [-0.1, -0.05) is 23.7 Å². The zero-order chi connectivity index (χ0) is 20.9. The summed E-state index contributed by atoms with van der Waals surface area (Å²) in [5.41, 5.74) is 2.11. The number of aliphatic hydroxyl groups is 1. The molecule has 0 saturated carbocycles. The van der Waals surface area contributed by atoms with Gasteiger partial charge in [0, 0.05) is 46.8 Å². The van der Waals surface area contributed by atoms with Gasteiger partial charge in [-0.15, -0.1) is 0 Å². The average Bonchev–Trinajstić information content (AvgIpc) is 3.28. The molecule has 1 N–H and O–H groups in total. The quantitative estimate of drug-likeness (QED) is 0.550. The minimum absolute atomic E-state index is 0.0305. The van der Waals surface area contributed by atoms with Crippen molar-refractivity contribution in [2.45, 2.75) is 18.8 Å². The molecule has 0 radical (unpaired) electrons. The molecular weight excluding hydrogens is 404 g/mol. The molecule has 1 aliphatic heterocycles. The van der Waals surface area contributed by atoms with E-state index in [1.165, 1.54) is 0 Å². The highest BCUT2D eigenvalue weighted by Crippen LogP contribution is 2.40. The Morgan fingerprint density at radius 1 is 1.13 bits per heavy atom. The maximum absolute atomic E-state index is 11.2. The van der Waals surface area contributed by atoms with Crippen molar-refractivity contribution in [2.75, 3.05) is 25.2 Å². The number of anilines is 2. The molecule has 1 aliphatic rings. The molecule has 2 heterocycles. The van der Waals surface area contributed by atoms with E-state index in [9.17, 15) is 5.11 Å². The molecule has 1 aromatic heterocycles. The molecule has 1 fully saturated rings. The molecule has 0 bridgehead atoms. The van der Waals surface area contributed by atoms with E-state index < -0.39 is 6.23 Å². The Morgan fingerprint density at radius 3 is 2.70 bits per heavy atom. The smallest absolute Gasteiger partial charge is 0.163 e. The van der Waals surface area contributed by atoms with Gasteiger partial charge < -0.3 is 24.2 Å². The van der Waals surface area contributed by atoms with Crippen LogP contribution in [-0.2, 0) is 4.74 Å². The van der Waals surface area contributed by atoms with Gasteiger partial charge in [0.05, 0.1) is 20.3 Å². The van der Waals surface area contributed by atoms with Crippen LogP contribution in [0.1, 0.15) is 18.2 Å². The fourth-order valence-corrected chi connectivity index (χ4v) is 3.61. The molecule has 2 atom stereocenters. The second kappa shape index (κ2) is 9.34. The Bertz CT molecular complexity index is 980. The zero-order valence-corrected chi connectivity index (χ0v) is 17.3. The van der Waals surface area contributed by atoms with Crippen molar-refractivity contribution in [1.82, 2.24) is 4.98 Å². The number of rotatable bonds is 7. The number of halogens is 1. The lowest BCUT2D eigenvalue weighted by molar-refractivity contribution is 0.138. The number of aliphatic hydroxyl groups excluding tert-OH is 1. The van der Waals surface area contributed by atoms with Crippen LogP contribution in [0.2, 0.25) is 5.02 Å².